The zero-order valence-electron chi connectivity index (χ0n) is 26.3. The van der Waals surface area contributed by atoms with E-state index in [1.807, 2.05) is 6.07 Å². The number of unbranched alkanes of at least 4 members (excludes halogenated alkanes) is 16. The average Bonchev–Trinajstić information content (AvgIpc) is 2.95. The minimum Gasteiger partial charge on any atom is -0.478 e. The lowest BCUT2D eigenvalue weighted by Crippen LogP contribution is -2.04. The van der Waals surface area contributed by atoms with Crippen LogP contribution in [0.25, 0.3) is 11.1 Å². The number of carboxylic acid groups (broad SMARTS) is 1. The molecule has 0 radical (unpaired) electrons. The van der Waals surface area contributed by atoms with Crippen molar-refractivity contribution >= 4 is 5.97 Å². The molecule has 0 fully saturated rings. The van der Waals surface area contributed by atoms with E-state index < -0.39 is 5.97 Å². The van der Waals surface area contributed by atoms with Crippen molar-refractivity contribution in [2.75, 3.05) is 0 Å². The molecule has 224 valence electrons. The molecule has 0 saturated carbocycles. The van der Waals surface area contributed by atoms with Crippen molar-refractivity contribution in [3.8, 4) is 11.1 Å². The van der Waals surface area contributed by atoms with Crippen LogP contribution in [-0.4, -0.2) is 11.1 Å². The Labute approximate surface area is 247 Å². The second-order valence-corrected chi connectivity index (χ2v) is 12.3. The van der Waals surface area contributed by atoms with E-state index in [-0.39, 0.29) is 0 Å². The van der Waals surface area contributed by atoms with Crippen LogP contribution in [0, 0.1) is 5.92 Å². The Hall–Kier alpha value is -2.09. The number of aromatic carboxylic acids is 1. The Morgan fingerprint density at radius 2 is 1.12 bits per heavy atom. The van der Waals surface area contributed by atoms with E-state index in [1.165, 1.54) is 138 Å². The maximum Gasteiger partial charge on any atom is 0.335 e. The molecule has 2 heteroatoms. The Morgan fingerprint density at radius 1 is 0.625 bits per heavy atom. The quantitative estimate of drug-likeness (QED) is 0.132. The summed E-state index contributed by atoms with van der Waals surface area (Å²) in [6.45, 7) is 6.95. The van der Waals surface area contributed by atoms with Gasteiger partial charge in [0.05, 0.1) is 5.56 Å². The maximum absolute atomic E-state index is 11.8. The van der Waals surface area contributed by atoms with Crippen LogP contribution in [0.3, 0.4) is 0 Å². The summed E-state index contributed by atoms with van der Waals surface area (Å²) in [5.41, 5.74) is 5.53. The smallest absolute Gasteiger partial charge is 0.335 e. The summed E-state index contributed by atoms with van der Waals surface area (Å²) in [6.07, 6.45) is 27.5. The molecule has 0 aliphatic carbocycles. The van der Waals surface area contributed by atoms with Crippen LogP contribution in [-0.2, 0) is 12.8 Å². The van der Waals surface area contributed by atoms with Crippen LogP contribution in [0.2, 0.25) is 0 Å². The molecule has 2 aromatic carbocycles. The van der Waals surface area contributed by atoms with Crippen LogP contribution in [0.1, 0.15) is 164 Å². The second-order valence-electron chi connectivity index (χ2n) is 12.3. The van der Waals surface area contributed by atoms with E-state index in [1.54, 1.807) is 6.07 Å². The summed E-state index contributed by atoms with van der Waals surface area (Å²) >= 11 is 0. The Bertz CT molecular complexity index is 931. The highest BCUT2D eigenvalue weighted by Gasteiger charge is 2.14. The van der Waals surface area contributed by atoms with Crippen molar-refractivity contribution in [2.45, 2.75) is 156 Å². The molecule has 1 N–H and O–H groups in total. The van der Waals surface area contributed by atoms with Gasteiger partial charge in [-0.1, -0.05) is 167 Å². The lowest BCUT2D eigenvalue weighted by Gasteiger charge is -2.18. The van der Waals surface area contributed by atoms with Gasteiger partial charge in [0.2, 0.25) is 0 Å². The minimum absolute atomic E-state index is 0.408. The van der Waals surface area contributed by atoms with E-state index in [0.717, 1.165) is 19.3 Å². The summed E-state index contributed by atoms with van der Waals surface area (Å²) in [4.78, 5) is 11.8. The molecule has 0 amide bonds. The van der Waals surface area contributed by atoms with Crippen molar-refractivity contribution in [1.29, 1.82) is 0 Å². The summed E-state index contributed by atoms with van der Waals surface area (Å²) in [5, 5.41) is 9.65. The molecule has 40 heavy (non-hydrogen) atoms. The lowest BCUT2D eigenvalue weighted by molar-refractivity contribution is 0.0696. The van der Waals surface area contributed by atoms with Gasteiger partial charge in [-0.25, -0.2) is 4.79 Å². The van der Waals surface area contributed by atoms with E-state index in [0.29, 0.717) is 11.5 Å². The minimum atomic E-state index is -0.831. The van der Waals surface area contributed by atoms with Crippen molar-refractivity contribution in [2.24, 2.45) is 5.92 Å². The summed E-state index contributed by atoms with van der Waals surface area (Å²) < 4.78 is 0. The summed E-state index contributed by atoms with van der Waals surface area (Å²) in [6, 6.07) is 14.6. The first-order valence-electron chi connectivity index (χ1n) is 17.0. The number of hydrogen-bond donors (Lipinski definition) is 1. The number of hydrogen-bond acceptors (Lipinski definition) is 1. The Morgan fingerprint density at radius 3 is 1.70 bits per heavy atom. The van der Waals surface area contributed by atoms with E-state index in [4.69, 9.17) is 0 Å². The highest BCUT2D eigenvalue weighted by molar-refractivity contribution is 5.89. The van der Waals surface area contributed by atoms with Crippen LogP contribution >= 0.6 is 0 Å². The predicted molar refractivity (Wildman–Crippen MR) is 174 cm³/mol. The molecule has 0 aromatic heterocycles. The lowest BCUT2D eigenvalue weighted by atomic mass is 9.87. The average molecular weight is 549 g/mol. The predicted octanol–water partition coefficient (Wildman–Crippen LogP) is 12.2. The second kappa shape index (κ2) is 21.6. The van der Waals surface area contributed by atoms with Gasteiger partial charge in [-0.3, -0.25) is 0 Å². The molecule has 0 heterocycles. The molecule has 1 unspecified atom stereocenters. The number of carboxylic acids is 1. The molecule has 1 atom stereocenters. The monoisotopic (exact) mass is 548 g/mol. The molecule has 0 spiro atoms. The fourth-order valence-electron chi connectivity index (χ4n) is 6.06. The van der Waals surface area contributed by atoms with Crippen LogP contribution < -0.4 is 0 Å². The van der Waals surface area contributed by atoms with Gasteiger partial charge in [0, 0.05) is 0 Å². The third kappa shape index (κ3) is 14.0. The number of rotatable bonds is 24. The molecule has 0 bridgehead atoms. The fourth-order valence-corrected chi connectivity index (χ4v) is 6.06. The first-order chi connectivity index (χ1) is 19.6. The van der Waals surface area contributed by atoms with Crippen molar-refractivity contribution < 1.29 is 9.90 Å². The van der Waals surface area contributed by atoms with Crippen LogP contribution in [0.5, 0.6) is 0 Å². The Kier molecular flexibility index (Phi) is 18.4. The van der Waals surface area contributed by atoms with Gasteiger partial charge < -0.3 is 5.11 Å². The fraction of sp³-hybridized carbons (Fsp3) is 0.658. The van der Waals surface area contributed by atoms with E-state index in [2.05, 4.69) is 51.1 Å². The molecule has 0 saturated heterocycles. The Balaban J connectivity index is 1.90. The summed E-state index contributed by atoms with van der Waals surface area (Å²) in [5.74, 6) is -0.174. The highest BCUT2D eigenvalue weighted by atomic mass is 16.4. The first-order valence-corrected chi connectivity index (χ1v) is 17.0. The maximum atomic E-state index is 11.8. The third-order valence-electron chi connectivity index (χ3n) is 8.58. The molecular formula is C38H60O2. The van der Waals surface area contributed by atoms with Gasteiger partial charge in [0.1, 0.15) is 0 Å². The van der Waals surface area contributed by atoms with Crippen molar-refractivity contribution in [3.05, 3.63) is 59.2 Å². The van der Waals surface area contributed by atoms with Gasteiger partial charge in [-0.15, -0.1) is 0 Å². The van der Waals surface area contributed by atoms with E-state index in [9.17, 15) is 9.90 Å². The van der Waals surface area contributed by atoms with Crippen molar-refractivity contribution in [3.63, 3.8) is 0 Å². The molecule has 0 aliphatic heterocycles. The third-order valence-corrected chi connectivity index (χ3v) is 8.58. The van der Waals surface area contributed by atoms with E-state index >= 15 is 0 Å². The largest absolute Gasteiger partial charge is 0.478 e. The highest BCUT2D eigenvalue weighted by Crippen LogP contribution is 2.31. The molecule has 0 aliphatic rings. The van der Waals surface area contributed by atoms with Crippen LogP contribution in [0.4, 0.5) is 0 Å². The van der Waals surface area contributed by atoms with Gasteiger partial charge in [-0.2, -0.15) is 0 Å². The van der Waals surface area contributed by atoms with Crippen LogP contribution in [0.15, 0.2) is 42.5 Å². The first kappa shape index (κ1) is 34.1. The van der Waals surface area contributed by atoms with Gasteiger partial charge in [0.15, 0.2) is 0 Å². The SMILES string of the molecule is CCCCCCCCCCCCC(C)Cc1ccccc1-c1ccc(C(=O)O)cc1CCCCCCCCCC. The molecule has 2 aromatic rings. The normalized spacial score (nSPS) is 12.1. The number of carbonyl (C=O) groups is 1. The number of aryl methyl sites for hydroxylation is 1. The molecule has 2 nitrogen and oxygen atoms in total. The molecule has 2 rings (SSSR count). The van der Waals surface area contributed by atoms with Gasteiger partial charge in [0.25, 0.3) is 0 Å². The zero-order valence-corrected chi connectivity index (χ0v) is 26.3. The zero-order chi connectivity index (χ0) is 28.8. The van der Waals surface area contributed by atoms with Gasteiger partial charge in [-0.05, 0) is 59.6 Å². The molecular weight excluding hydrogens is 488 g/mol. The summed E-state index contributed by atoms with van der Waals surface area (Å²) in [7, 11) is 0. The standard InChI is InChI=1S/C38H60O2/c1-4-6-8-10-12-14-15-16-18-20-24-32(3)30-33-26-22-23-27-36(33)37-29-28-35(38(39)40)31-34(37)25-21-19-17-13-11-9-7-5-2/h22-23,26-29,31-32H,4-21,24-25,30H2,1-3H3,(H,39,40). The topological polar surface area (TPSA) is 37.3 Å². The van der Waals surface area contributed by atoms with Crippen molar-refractivity contribution in [1.82, 2.24) is 0 Å². The number of benzene rings is 2. The van der Waals surface area contributed by atoms with Gasteiger partial charge >= 0.3 is 5.97 Å².